The van der Waals surface area contributed by atoms with Gasteiger partial charge >= 0.3 is 0 Å². The molecule has 2 N–H and O–H groups in total. The molecule has 74 valence electrons. The molecule has 0 atom stereocenters. The van der Waals surface area contributed by atoms with Gasteiger partial charge < -0.3 is 10.5 Å². The molecular weight excluding hydrogens is 218 g/mol. The zero-order chi connectivity index (χ0) is 10.1. The molecule has 4 heteroatoms. The van der Waals surface area contributed by atoms with Crippen molar-refractivity contribution in [3.63, 3.8) is 0 Å². The van der Waals surface area contributed by atoms with Crippen molar-refractivity contribution in [2.45, 2.75) is 6.92 Å². The predicted octanol–water partition coefficient (Wildman–Crippen LogP) is 3.54. The molecule has 2 nitrogen and oxygen atoms in total. The summed E-state index contributed by atoms with van der Waals surface area (Å²) >= 11 is 7.65. The van der Waals surface area contributed by atoms with Crippen molar-refractivity contribution in [3.8, 4) is 5.06 Å². The van der Waals surface area contributed by atoms with Gasteiger partial charge in [-0.2, -0.15) is 0 Å². The van der Waals surface area contributed by atoms with Crippen LogP contribution in [0.1, 0.15) is 6.92 Å². The van der Waals surface area contributed by atoms with Crippen LogP contribution < -0.4 is 10.5 Å². The Morgan fingerprint density at radius 2 is 2.29 bits per heavy atom. The molecule has 0 bridgehead atoms. The highest BCUT2D eigenvalue weighted by molar-refractivity contribution is 7.20. The first-order valence-corrected chi connectivity index (χ1v) is 5.52. The zero-order valence-electron chi connectivity index (χ0n) is 7.71. The lowest BCUT2D eigenvalue weighted by atomic mass is 10.2. The Morgan fingerprint density at radius 1 is 1.50 bits per heavy atom. The second-order valence-electron chi connectivity index (χ2n) is 2.88. The van der Waals surface area contributed by atoms with Crippen LogP contribution in [0.15, 0.2) is 18.2 Å². The Bertz CT molecular complexity index is 466. The van der Waals surface area contributed by atoms with Crippen LogP contribution in [0.2, 0.25) is 5.02 Å². The highest BCUT2D eigenvalue weighted by Crippen LogP contribution is 2.38. The van der Waals surface area contributed by atoms with E-state index in [0.29, 0.717) is 17.3 Å². The number of hydrogen-bond acceptors (Lipinski definition) is 3. The summed E-state index contributed by atoms with van der Waals surface area (Å²) in [6.07, 6.45) is 0. The third-order valence-electron chi connectivity index (χ3n) is 1.93. The molecule has 0 radical (unpaired) electrons. The number of anilines is 1. The van der Waals surface area contributed by atoms with Gasteiger partial charge in [-0.05, 0) is 19.1 Å². The first kappa shape index (κ1) is 9.62. The molecule has 0 amide bonds. The van der Waals surface area contributed by atoms with Gasteiger partial charge in [0.05, 0.1) is 17.3 Å². The average molecular weight is 228 g/mol. The van der Waals surface area contributed by atoms with Crippen LogP contribution in [0, 0.1) is 0 Å². The summed E-state index contributed by atoms with van der Waals surface area (Å²) in [5.41, 5.74) is 6.31. The van der Waals surface area contributed by atoms with Gasteiger partial charge in [0, 0.05) is 16.2 Å². The number of hydrogen-bond donors (Lipinski definition) is 1. The summed E-state index contributed by atoms with van der Waals surface area (Å²) in [5.74, 6) is 0. The SMILES string of the molecule is CCOc1cc2c(Cl)c(N)ccc2s1. The number of rotatable bonds is 2. The van der Waals surface area contributed by atoms with E-state index in [1.807, 2.05) is 25.1 Å². The van der Waals surface area contributed by atoms with E-state index in [9.17, 15) is 0 Å². The standard InChI is InChI=1S/C10H10ClNOS/c1-2-13-9-5-6-8(14-9)4-3-7(12)10(6)11/h3-5H,2,12H2,1H3. The van der Waals surface area contributed by atoms with Gasteiger partial charge in [0.2, 0.25) is 0 Å². The van der Waals surface area contributed by atoms with Crippen molar-refractivity contribution < 1.29 is 4.74 Å². The fourth-order valence-electron chi connectivity index (χ4n) is 1.28. The van der Waals surface area contributed by atoms with Gasteiger partial charge in [-0.1, -0.05) is 22.9 Å². The van der Waals surface area contributed by atoms with E-state index < -0.39 is 0 Å². The van der Waals surface area contributed by atoms with E-state index in [-0.39, 0.29) is 0 Å². The Hall–Kier alpha value is -0.930. The van der Waals surface area contributed by atoms with E-state index in [1.165, 1.54) is 0 Å². The van der Waals surface area contributed by atoms with Crippen molar-refractivity contribution in [1.29, 1.82) is 0 Å². The lowest BCUT2D eigenvalue weighted by Crippen LogP contribution is -1.87. The van der Waals surface area contributed by atoms with Crippen LogP contribution in [0.4, 0.5) is 5.69 Å². The van der Waals surface area contributed by atoms with Crippen LogP contribution in [0.5, 0.6) is 5.06 Å². The Labute approximate surface area is 91.2 Å². The number of ether oxygens (including phenoxy) is 1. The molecule has 2 rings (SSSR count). The molecule has 14 heavy (non-hydrogen) atoms. The number of benzene rings is 1. The lowest BCUT2D eigenvalue weighted by molar-refractivity contribution is 0.350. The molecule has 0 saturated heterocycles. The molecule has 0 aliphatic heterocycles. The first-order chi connectivity index (χ1) is 6.72. The highest BCUT2D eigenvalue weighted by Gasteiger charge is 2.07. The Balaban J connectivity index is 2.59. The molecule has 0 saturated carbocycles. The molecule has 0 aliphatic rings. The van der Waals surface area contributed by atoms with Crippen molar-refractivity contribution >= 4 is 38.7 Å². The topological polar surface area (TPSA) is 35.2 Å². The summed E-state index contributed by atoms with van der Waals surface area (Å²) in [5, 5.41) is 2.47. The first-order valence-electron chi connectivity index (χ1n) is 4.32. The predicted molar refractivity (Wildman–Crippen MR) is 62.4 cm³/mol. The fraction of sp³-hybridized carbons (Fsp3) is 0.200. The van der Waals surface area contributed by atoms with Crippen LogP contribution >= 0.6 is 22.9 Å². The number of nitrogens with two attached hydrogens (primary N) is 1. The van der Waals surface area contributed by atoms with E-state index in [0.717, 1.165) is 15.1 Å². The maximum absolute atomic E-state index is 6.07. The van der Waals surface area contributed by atoms with Crippen LogP contribution in [-0.2, 0) is 0 Å². The van der Waals surface area contributed by atoms with Crippen molar-refractivity contribution in [1.82, 2.24) is 0 Å². The molecule has 1 aromatic heterocycles. The van der Waals surface area contributed by atoms with Crippen molar-refractivity contribution in [2.24, 2.45) is 0 Å². The second-order valence-corrected chi connectivity index (χ2v) is 4.30. The number of nitrogen functional groups attached to an aromatic ring is 1. The molecule has 1 heterocycles. The van der Waals surface area contributed by atoms with Crippen LogP contribution in [0.3, 0.4) is 0 Å². The minimum Gasteiger partial charge on any atom is -0.484 e. The quantitative estimate of drug-likeness (QED) is 0.797. The van der Waals surface area contributed by atoms with Crippen LogP contribution in [0.25, 0.3) is 10.1 Å². The van der Waals surface area contributed by atoms with Gasteiger partial charge in [0.1, 0.15) is 0 Å². The largest absolute Gasteiger partial charge is 0.484 e. The molecule has 2 aromatic rings. The minimum atomic E-state index is 0.611. The third-order valence-corrected chi connectivity index (χ3v) is 3.36. The molecule has 0 spiro atoms. The normalized spacial score (nSPS) is 10.7. The zero-order valence-corrected chi connectivity index (χ0v) is 9.28. The van der Waals surface area contributed by atoms with E-state index in [2.05, 4.69) is 0 Å². The van der Waals surface area contributed by atoms with Gasteiger partial charge in [-0.15, -0.1) is 0 Å². The number of fused-ring (bicyclic) bond motifs is 1. The van der Waals surface area contributed by atoms with Gasteiger partial charge in [-0.25, -0.2) is 0 Å². The van der Waals surface area contributed by atoms with E-state index in [4.69, 9.17) is 22.1 Å². The minimum absolute atomic E-state index is 0.611. The van der Waals surface area contributed by atoms with Gasteiger partial charge in [0.15, 0.2) is 5.06 Å². The van der Waals surface area contributed by atoms with E-state index in [1.54, 1.807) is 11.3 Å². The van der Waals surface area contributed by atoms with Crippen molar-refractivity contribution in [3.05, 3.63) is 23.2 Å². The summed E-state index contributed by atoms with van der Waals surface area (Å²) < 4.78 is 6.51. The van der Waals surface area contributed by atoms with Crippen LogP contribution in [-0.4, -0.2) is 6.61 Å². The monoisotopic (exact) mass is 227 g/mol. The van der Waals surface area contributed by atoms with Gasteiger partial charge in [-0.3, -0.25) is 0 Å². The molecule has 0 aliphatic carbocycles. The molecule has 0 unspecified atom stereocenters. The maximum Gasteiger partial charge on any atom is 0.174 e. The molecule has 1 aromatic carbocycles. The van der Waals surface area contributed by atoms with Crippen molar-refractivity contribution in [2.75, 3.05) is 12.3 Å². The summed E-state index contributed by atoms with van der Waals surface area (Å²) in [6.45, 7) is 2.63. The average Bonchev–Trinajstić information content (AvgIpc) is 2.56. The second kappa shape index (κ2) is 3.67. The lowest BCUT2D eigenvalue weighted by Gasteiger charge is -1.96. The maximum atomic E-state index is 6.07. The summed E-state index contributed by atoms with van der Waals surface area (Å²) in [7, 11) is 0. The Morgan fingerprint density at radius 3 is 3.00 bits per heavy atom. The number of thiophene rings is 1. The van der Waals surface area contributed by atoms with E-state index >= 15 is 0 Å². The number of halogens is 1. The smallest absolute Gasteiger partial charge is 0.174 e. The summed E-state index contributed by atoms with van der Waals surface area (Å²) in [6, 6.07) is 5.71. The highest BCUT2D eigenvalue weighted by atomic mass is 35.5. The third kappa shape index (κ3) is 1.53. The van der Waals surface area contributed by atoms with Gasteiger partial charge in [0.25, 0.3) is 0 Å². The fourth-order valence-corrected chi connectivity index (χ4v) is 2.54. The molecular formula is C10H10ClNOS. The summed E-state index contributed by atoms with van der Waals surface area (Å²) in [4.78, 5) is 0. The molecule has 0 fully saturated rings. The Kier molecular flexibility index (Phi) is 2.52.